The lowest BCUT2D eigenvalue weighted by Gasteiger charge is -2.04. The Kier molecular flexibility index (Phi) is 2.64. The summed E-state index contributed by atoms with van der Waals surface area (Å²) in [6.07, 6.45) is 2.16. The summed E-state index contributed by atoms with van der Waals surface area (Å²) in [5.74, 6) is 0.429. The van der Waals surface area contributed by atoms with E-state index in [0.717, 1.165) is 28.4 Å². The first-order valence-corrected chi connectivity index (χ1v) is 5.71. The van der Waals surface area contributed by atoms with E-state index in [1.807, 2.05) is 24.3 Å². The molecule has 0 amide bonds. The zero-order valence-corrected chi connectivity index (χ0v) is 9.95. The van der Waals surface area contributed by atoms with Crippen molar-refractivity contribution in [1.82, 2.24) is 15.0 Å². The van der Waals surface area contributed by atoms with Gasteiger partial charge in [-0.1, -0.05) is 12.1 Å². The van der Waals surface area contributed by atoms with E-state index in [4.69, 9.17) is 5.73 Å². The number of carbonyl (C=O) groups is 1. The van der Waals surface area contributed by atoms with E-state index in [0.29, 0.717) is 11.5 Å². The third kappa shape index (κ3) is 2.01. The number of aldehydes is 1. The van der Waals surface area contributed by atoms with Crippen molar-refractivity contribution < 1.29 is 4.79 Å². The smallest absolute Gasteiger partial charge is 0.168 e. The van der Waals surface area contributed by atoms with Crippen molar-refractivity contribution in [3.63, 3.8) is 0 Å². The van der Waals surface area contributed by atoms with Gasteiger partial charge in [0.2, 0.25) is 0 Å². The van der Waals surface area contributed by atoms with Crippen LogP contribution in [0, 0.1) is 0 Å². The number of hydrogen-bond donors (Lipinski definition) is 1. The molecule has 3 rings (SSSR count). The van der Waals surface area contributed by atoms with Gasteiger partial charge in [0.1, 0.15) is 17.8 Å². The maximum absolute atomic E-state index is 10.8. The third-order valence-corrected chi connectivity index (χ3v) is 2.85. The van der Waals surface area contributed by atoms with Crippen LogP contribution >= 0.6 is 0 Å². The number of nitrogens with zero attached hydrogens (tertiary/aromatic N) is 3. The van der Waals surface area contributed by atoms with Crippen LogP contribution in [-0.4, -0.2) is 21.2 Å². The fraction of sp³-hybridized carbons (Fsp3) is 0. The molecule has 0 aliphatic heterocycles. The van der Waals surface area contributed by atoms with Gasteiger partial charge in [0.25, 0.3) is 0 Å². The number of aromatic nitrogens is 3. The van der Waals surface area contributed by atoms with Crippen molar-refractivity contribution in [2.75, 3.05) is 5.73 Å². The summed E-state index contributed by atoms with van der Waals surface area (Å²) in [6, 6.07) is 10.9. The van der Waals surface area contributed by atoms with Crippen molar-refractivity contribution in [1.29, 1.82) is 0 Å². The molecule has 0 bridgehead atoms. The number of anilines is 1. The highest BCUT2D eigenvalue weighted by Gasteiger charge is 2.05. The standard InChI is InChI=1S/C14H10N4O/c15-14-11-6-9(4-5-13(11)16-8-17-14)12-3-1-2-10(7-19)18-12/h1-8H,(H2,15,16,17). The van der Waals surface area contributed by atoms with Crippen molar-refractivity contribution in [2.24, 2.45) is 0 Å². The van der Waals surface area contributed by atoms with Gasteiger partial charge < -0.3 is 5.73 Å². The molecule has 2 heterocycles. The van der Waals surface area contributed by atoms with Crippen molar-refractivity contribution in [3.05, 3.63) is 48.4 Å². The SMILES string of the molecule is Nc1ncnc2ccc(-c3cccc(C=O)n3)cc12. The molecule has 2 aromatic heterocycles. The van der Waals surface area contributed by atoms with E-state index in [-0.39, 0.29) is 0 Å². The average Bonchev–Trinajstić information content (AvgIpc) is 2.47. The summed E-state index contributed by atoms with van der Waals surface area (Å²) >= 11 is 0. The van der Waals surface area contributed by atoms with Crippen molar-refractivity contribution in [2.45, 2.75) is 0 Å². The van der Waals surface area contributed by atoms with Gasteiger partial charge in [0.15, 0.2) is 6.29 Å². The molecule has 0 atom stereocenters. The van der Waals surface area contributed by atoms with E-state index in [2.05, 4.69) is 15.0 Å². The zero-order chi connectivity index (χ0) is 13.2. The zero-order valence-electron chi connectivity index (χ0n) is 9.95. The van der Waals surface area contributed by atoms with Crippen molar-refractivity contribution in [3.8, 4) is 11.3 Å². The number of nitrogen functional groups attached to an aromatic ring is 1. The highest BCUT2D eigenvalue weighted by molar-refractivity contribution is 5.91. The summed E-state index contributed by atoms with van der Waals surface area (Å²) in [4.78, 5) is 23.1. The Hall–Kier alpha value is -2.82. The Bertz CT molecular complexity index is 770. The molecule has 0 aliphatic carbocycles. The lowest BCUT2D eigenvalue weighted by atomic mass is 10.1. The third-order valence-electron chi connectivity index (χ3n) is 2.85. The van der Waals surface area contributed by atoms with Gasteiger partial charge in [0.05, 0.1) is 11.2 Å². The molecule has 0 fully saturated rings. The van der Waals surface area contributed by atoms with Crippen LogP contribution in [0.2, 0.25) is 0 Å². The average molecular weight is 250 g/mol. The summed E-state index contributed by atoms with van der Waals surface area (Å²) in [5.41, 5.74) is 8.60. The Balaban J connectivity index is 2.19. The van der Waals surface area contributed by atoms with E-state index in [9.17, 15) is 4.79 Å². The molecule has 5 nitrogen and oxygen atoms in total. The number of hydrogen-bond acceptors (Lipinski definition) is 5. The topological polar surface area (TPSA) is 81.8 Å². The van der Waals surface area contributed by atoms with Crippen LogP contribution in [0.3, 0.4) is 0 Å². The van der Waals surface area contributed by atoms with Gasteiger partial charge >= 0.3 is 0 Å². The van der Waals surface area contributed by atoms with Gasteiger partial charge in [0, 0.05) is 10.9 Å². The first kappa shape index (κ1) is 11.3. The molecule has 0 unspecified atom stereocenters. The second-order valence-electron chi connectivity index (χ2n) is 4.06. The number of fused-ring (bicyclic) bond motifs is 1. The normalized spacial score (nSPS) is 10.5. The van der Waals surface area contributed by atoms with Crippen LogP contribution in [0.1, 0.15) is 10.5 Å². The van der Waals surface area contributed by atoms with Crippen molar-refractivity contribution >= 4 is 23.0 Å². The first-order chi connectivity index (χ1) is 9.28. The van der Waals surface area contributed by atoms with Gasteiger partial charge in [-0.15, -0.1) is 0 Å². The maximum Gasteiger partial charge on any atom is 0.168 e. The minimum absolute atomic E-state index is 0.398. The van der Waals surface area contributed by atoms with E-state index >= 15 is 0 Å². The van der Waals surface area contributed by atoms with Crippen LogP contribution in [0.4, 0.5) is 5.82 Å². The fourth-order valence-electron chi connectivity index (χ4n) is 1.91. The molecule has 0 aliphatic rings. The second kappa shape index (κ2) is 4.45. The molecule has 19 heavy (non-hydrogen) atoms. The molecule has 5 heteroatoms. The highest BCUT2D eigenvalue weighted by Crippen LogP contribution is 2.24. The second-order valence-corrected chi connectivity index (χ2v) is 4.06. The molecular formula is C14H10N4O. The monoisotopic (exact) mass is 250 g/mol. The molecule has 0 saturated heterocycles. The number of pyridine rings is 1. The lowest BCUT2D eigenvalue weighted by Crippen LogP contribution is -1.94. The van der Waals surface area contributed by atoms with E-state index in [1.54, 1.807) is 12.1 Å². The predicted octanol–water partition coefficient (Wildman–Crippen LogP) is 2.09. The van der Waals surface area contributed by atoms with Crippen LogP contribution in [0.25, 0.3) is 22.2 Å². The summed E-state index contributed by atoms with van der Waals surface area (Å²) in [7, 11) is 0. The molecule has 2 N–H and O–H groups in total. The number of rotatable bonds is 2. The lowest BCUT2D eigenvalue weighted by molar-refractivity contribution is 0.111. The molecular weight excluding hydrogens is 240 g/mol. The minimum atomic E-state index is 0.398. The molecule has 0 spiro atoms. The Labute approximate surface area is 109 Å². The van der Waals surface area contributed by atoms with Gasteiger partial charge in [-0.3, -0.25) is 4.79 Å². The fourth-order valence-corrected chi connectivity index (χ4v) is 1.91. The Morgan fingerprint density at radius 2 is 2.00 bits per heavy atom. The van der Waals surface area contributed by atoms with Crippen LogP contribution < -0.4 is 5.73 Å². The number of nitrogens with two attached hydrogens (primary N) is 1. The summed E-state index contributed by atoms with van der Waals surface area (Å²) in [5, 5.41) is 0.776. The molecule has 1 aromatic carbocycles. The number of carbonyl (C=O) groups excluding carboxylic acids is 1. The predicted molar refractivity (Wildman–Crippen MR) is 72.6 cm³/mol. The van der Waals surface area contributed by atoms with Gasteiger partial charge in [-0.05, 0) is 24.3 Å². The molecule has 0 saturated carbocycles. The van der Waals surface area contributed by atoms with E-state index in [1.165, 1.54) is 6.33 Å². The minimum Gasteiger partial charge on any atom is -0.383 e. The first-order valence-electron chi connectivity index (χ1n) is 5.71. The van der Waals surface area contributed by atoms with E-state index < -0.39 is 0 Å². The summed E-state index contributed by atoms with van der Waals surface area (Å²) < 4.78 is 0. The Morgan fingerprint density at radius 3 is 2.84 bits per heavy atom. The Morgan fingerprint density at radius 1 is 1.11 bits per heavy atom. The molecule has 0 radical (unpaired) electrons. The maximum atomic E-state index is 10.8. The van der Waals surface area contributed by atoms with Crippen LogP contribution in [0.15, 0.2) is 42.7 Å². The van der Waals surface area contributed by atoms with Crippen LogP contribution in [0.5, 0.6) is 0 Å². The quantitative estimate of drug-likeness (QED) is 0.704. The largest absolute Gasteiger partial charge is 0.383 e. The highest BCUT2D eigenvalue weighted by atomic mass is 16.1. The molecule has 3 aromatic rings. The summed E-state index contributed by atoms with van der Waals surface area (Å²) in [6.45, 7) is 0. The van der Waals surface area contributed by atoms with Gasteiger partial charge in [-0.25, -0.2) is 15.0 Å². The number of benzene rings is 1. The van der Waals surface area contributed by atoms with Gasteiger partial charge in [-0.2, -0.15) is 0 Å². The molecule has 92 valence electrons. The van der Waals surface area contributed by atoms with Crippen LogP contribution in [-0.2, 0) is 0 Å².